The van der Waals surface area contributed by atoms with Gasteiger partial charge >= 0.3 is 0 Å². The second-order valence-electron chi connectivity index (χ2n) is 4.70. The van der Waals surface area contributed by atoms with Crippen LogP contribution in [-0.2, 0) is 4.79 Å². The smallest absolute Gasteiger partial charge is 0.262 e. The van der Waals surface area contributed by atoms with Crippen molar-refractivity contribution in [1.82, 2.24) is 10.4 Å². The van der Waals surface area contributed by atoms with Crippen molar-refractivity contribution in [3.05, 3.63) is 59.9 Å². The third-order valence-corrected chi connectivity index (χ3v) is 2.98. The van der Waals surface area contributed by atoms with E-state index in [4.69, 9.17) is 0 Å². The summed E-state index contributed by atoms with van der Waals surface area (Å²) in [6.45, 7) is 3.79. The number of hydrogen-bond acceptors (Lipinski definition) is 4. The Labute approximate surface area is 124 Å². The van der Waals surface area contributed by atoms with Gasteiger partial charge in [0.25, 0.3) is 5.91 Å². The van der Waals surface area contributed by atoms with E-state index < -0.39 is 0 Å². The predicted octanol–water partition coefficient (Wildman–Crippen LogP) is 2.34. The highest BCUT2D eigenvalue weighted by Gasteiger charge is 2.12. The molecule has 1 aromatic carbocycles. The lowest BCUT2D eigenvalue weighted by molar-refractivity contribution is -0.121. The van der Waals surface area contributed by atoms with Gasteiger partial charge in [-0.2, -0.15) is 5.10 Å². The molecule has 0 spiro atoms. The van der Waals surface area contributed by atoms with Crippen molar-refractivity contribution >= 4 is 17.8 Å². The molecule has 1 heterocycles. The molecule has 2 rings (SSSR count). The molecule has 0 unspecified atom stereocenters. The van der Waals surface area contributed by atoms with Crippen LogP contribution in [0.1, 0.15) is 18.1 Å². The molecule has 21 heavy (non-hydrogen) atoms. The van der Waals surface area contributed by atoms with Crippen LogP contribution in [-0.4, -0.2) is 23.1 Å². The van der Waals surface area contributed by atoms with E-state index in [1.165, 1.54) is 0 Å². The van der Waals surface area contributed by atoms with E-state index in [0.29, 0.717) is 0 Å². The predicted molar refractivity (Wildman–Crippen MR) is 84.2 cm³/mol. The number of pyridine rings is 1. The highest BCUT2D eigenvalue weighted by molar-refractivity contribution is 5.86. The average Bonchev–Trinajstić information content (AvgIpc) is 2.50. The SMILES string of the molecule is Cc1ccccc1N[C@@H](C)C(=O)N/N=C\c1cccnc1. The second-order valence-corrected chi connectivity index (χ2v) is 4.70. The third-order valence-electron chi connectivity index (χ3n) is 2.98. The Morgan fingerprint density at radius 1 is 1.29 bits per heavy atom. The van der Waals surface area contributed by atoms with Gasteiger partial charge in [0.15, 0.2) is 0 Å². The number of para-hydroxylation sites is 1. The molecule has 0 fully saturated rings. The molecular formula is C16H18N4O. The molecule has 1 atom stereocenters. The number of nitrogens with zero attached hydrogens (tertiary/aromatic N) is 2. The van der Waals surface area contributed by atoms with Gasteiger partial charge < -0.3 is 5.32 Å². The lowest BCUT2D eigenvalue weighted by atomic mass is 10.2. The Hall–Kier alpha value is -2.69. The van der Waals surface area contributed by atoms with E-state index in [-0.39, 0.29) is 11.9 Å². The van der Waals surface area contributed by atoms with E-state index in [2.05, 4.69) is 20.8 Å². The Bertz CT molecular complexity index is 625. The maximum atomic E-state index is 11.9. The molecular weight excluding hydrogens is 264 g/mol. The zero-order chi connectivity index (χ0) is 15.1. The molecule has 5 nitrogen and oxygen atoms in total. The van der Waals surface area contributed by atoms with Crippen LogP contribution in [0.2, 0.25) is 0 Å². The number of hydrazone groups is 1. The number of carbonyl (C=O) groups is 1. The van der Waals surface area contributed by atoms with E-state index >= 15 is 0 Å². The minimum atomic E-state index is -0.378. The Morgan fingerprint density at radius 2 is 2.10 bits per heavy atom. The number of carbonyl (C=O) groups excluding carboxylic acids is 1. The van der Waals surface area contributed by atoms with Crippen LogP contribution >= 0.6 is 0 Å². The molecule has 0 bridgehead atoms. The highest BCUT2D eigenvalue weighted by Crippen LogP contribution is 2.14. The van der Waals surface area contributed by atoms with Gasteiger partial charge in [0.2, 0.25) is 0 Å². The molecule has 5 heteroatoms. The van der Waals surface area contributed by atoms with Gasteiger partial charge in [-0.3, -0.25) is 9.78 Å². The molecule has 0 saturated heterocycles. The van der Waals surface area contributed by atoms with Crippen molar-refractivity contribution < 1.29 is 4.79 Å². The standard InChI is InChI=1S/C16H18N4O/c1-12-6-3-4-8-15(12)19-13(2)16(21)20-18-11-14-7-5-9-17-10-14/h3-11,13,19H,1-2H3,(H,20,21)/b18-11-/t13-/m0/s1. The maximum absolute atomic E-state index is 11.9. The number of benzene rings is 1. The molecule has 2 N–H and O–H groups in total. The van der Waals surface area contributed by atoms with Crippen molar-refractivity contribution in [1.29, 1.82) is 0 Å². The lowest BCUT2D eigenvalue weighted by Crippen LogP contribution is -2.35. The van der Waals surface area contributed by atoms with E-state index in [1.54, 1.807) is 25.5 Å². The molecule has 108 valence electrons. The lowest BCUT2D eigenvalue weighted by Gasteiger charge is -2.15. The zero-order valence-electron chi connectivity index (χ0n) is 12.1. The summed E-state index contributed by atoms with van der Waals surface area (Å²) in [6.07, 6.45) is 4.92. The quantitative estimate of drug-likeness (QED) is 0.653. The number of aromatic nitrogens is 1. The summed E-state index contributed by atoms with van der Waals surface area (Å²) in [5, 5.41) is 7.08. The van der Waals surface area contributed by atoms with Gasteiger partial charge in [0, 0.05) is 23.6 Å². The van der Waals surface area contributed by atoms with Crippen LogP contribution in [0.3, 0.4) is 0 Å². The molecule has 1 aromatic heterocycles. The largest absolute Gasteiger partial charge is 0.374 e. The Morgan fingerprint density at radius 3 is 2.81 bits per heavy atom. The van der Waals surface area contributed by atoms with Gasteiger partial charge in [0.05, 0.1) is 6.21 Å². The first kappa shape index (κ1) is 14.7. The highest BCUT2D eigenvalue weighted by atomic mass is 16.2. The van der Waals surface area contributed by atoms with Gasteiger partial charge in [-0.25, -0.2) is 5.43 Å². The van der Waals surface area contributed by atoms with Crippen LogP contribution in [0, 0.1) is 6.92 Å². The Balaban J connectivity index is 1.88. The summed E-state index contributed by atoms with van der Waals surface area (Å²) in [4.78, 5) is 15.9. The van der Waals surface area contributed by atoms with E-state index in [9.17, 15) is 4.79 Å². The zero-order valence-corrected chi connectivity index (χ0v) is 12.1. The Kier molecular flexibility index (Phi) is 5.04. The van der Waals surface area contributed by atoms with Gasteiger partial charge in [-0.1, -0.05) is 24.3 Å². The first-order chi connectivity index (χ1) is 10.2. The molecule has 0 aliphatic rings. The normalized spacial score (nSPS) is 12.1. The minimum Gasteiger partial charge on any atom is -0.374 e. The summed E-state index contributed by atoms with van der Waals surface area (Å²) in [5.41, 5.74) is 5.38. The molecule has 0 radical (unpaired) electrons. The van der Waals surface area contributed by atoms with Crippen LogP contribution in [0.15, 0.2) is 53.9 Å². The third kappa shape index (κ3) is 4.42. The van der Waals surface area contributed by atoms with Crippen LogP contribution < -0.4 is 10.7 Å². The summed E-state index contributed by atoms with van der Waals surface area (Å²) < 4.78 is 0. The number of rotatable bonds is 5. The first-order valence-electron chi connectivity index (χ1n) is 6.72. The fourth-order valence-corrected chi connectivity index (χ4v) is 1.75. The minimum absolute atomic E-state index is 0.196. The van der Waals surface area contributed by atoms with Crippen molar-refractivity contribution in [2.75, 3.05) is 5.32 Å². The van der Waals surface area contributed by atoms with E-state index in [0.717, 1.165) is 16.8 Å². The van der Waals surface area contributed by atoms with Crippen molar-refractivity contribution in [3.8, 4) is 0 Å². The van der Waals surface area contributed by atoms with Crippen LogP contribution in [0.5, 0.6) is 0 Å². The second kappa shape index (κ2) is 7.19. The number of nitrogens with one attached hydrogen (secondary N) is 2. The fourth-order valence-electron chi connectivity index (χ4n) is 1.75. The number of aryl methyl sites for hydroxylation is 1. The molecule has 2 aromatic rings. The average molecular weight is 282 g/mol. The molecule has 0 saturated carbocycles. The van der Waals surface area contributed by atoms with Crippen LogP contribution in [0.25, 0.3) is 0 Å². The van der Waals surface area contributed by atoms with Crippen molar-refractivity contribution in [2.24, 2.45) is 5.10 Å². The topological polar surface area (TPSA) is 66.4 Å². The number of hydrogen-bond donors (Lipinski definition) is 2. The van der Waals surface area contributed by atoms with Gasteiger partial charge in [0.1, 0.15) is 6.04 Å². The van der Waals surface area contributed by atoms with E-state index in [1.807, 2.05) is 43.3 Å². The van der Waals surface area contributed by atoms with Crippen LogP contribution in [0.4, 0.5) is 5.69 Å². The summed E-state index contributed by atoms with van der Waals surface area (Å²) in [5.74, 6) is -0.196. The van der Waals surface area contributed by atoms with Crippen molar-refractivity contribution in [3.63, 3.8) is 0 Å². The fraction of sp³-hybridized carbons (Fsp3) is 0.188. The van der Waals surface area contributed by atoms with Crippen molar-refractivity contribution in [2.45, 2.75) is 19.9 Å². The molecule has 0 aliphatic heterocycles. The maximum Gasteiger partial charge on any atom is 0.262 e. The summed E-state index contributed by atoms with van der Waals surface area (Å²) in [7, 11) is 0. The molecule has 1 amide bonds. The summed E-state index contributed by atoms with van der Waals surface area (Å²) >= 11 is 0. The number of amides is 1. The van der Waals surface area contributed by atoms with Gasteiger partial charge in [-0.05, 0) is 31.5 Å². The molecule has 0 aliphatic carbocycles. The monoisotopic (exact) mass is 282 g/mol. The first-order valence-corrected chi connectivity index (χ1v) is 6.72. The summed E-state index contributed by atoms with van der Waals surface area (Å²) in [6, 6.07) is 11.1. The van der Waals surface area contributed by atoms with Gasteiger partial charge in [-0.15, -0.1) is 0 Å². The number of anilines is 1.